The highest BCUT2D eigenvalue weighted by Crippen LogP contribution is 2.42. The minimum Gasteiger partial charge on any atom is -0.392 e. The summed E-state index contributed by atoms with van der Waals surface area (Å²) in [5, 5.41) is 19.8. The number of rotatable bonds is 2. The molecule has 0 aromatic carbocycles. The van der Waals surface area contributed by atoms with E-state index in [0.717, 1.165) is 47.3 Å². The van der Waals surface area contributed by atoms with Crippen LogP contribution >= 0.6 is 0 Å². The summed E-state index contributed by atoms with van der Waals surface area (Å²) in [5.74, 6) is 0. The van der Waals surface area contributed by atoms with Gasteiger partial charge in [0.25, 0.3) is 0 Å². The van der Waals surface area contributed by atoms with Crippen LogP contribution in [0.15, 0.2) is 0 Å². The largest absolute Gasteiger partial charge is 0.392 e. The highest BCUT2D eigenvalue weighted by atomic mass is 16.3. The second-order valence-corrected chi connectivity index (χ2v) is 6.09. The Morgan fingerprint density at radius 3 is 2.18 bits per heavy atom. The van der Waals surface area contributed by atoms with Gasteiger partial charge in [-0.05, 0) is 37.2 Å². The van der Waals surface area contributed by atoms with Crippen LogP contribution in [-0.2, 0) is 19.4 Å². The van der Waals surface area contributed by atoms with Gasteiger partial charge in [-0.3, -0.25) is 4.98 Å². The van der Waals surface area contributed by atoms with Gasteiger partial charge in [0.15, 0.2) is 0 Å². The lowest BCUT2D eigenvalue weighted by Crippen LogP contribution is -2.28. The van der Waals surface area contributed by atoms with Gasteiger partial charge in [0.2, 0.25) is 0 Å². The van der Waals surface area contributed by atoms with E-state index in [9.17, 15) is 10.2 Å². The molecule has 2 rings (SSSR count). The van der Waals surface area contributed by atoms with Crippen molar-refractivity contribution in [3.63, 3.8) is 0 Å². The lowest BCUT2D eigenvalue weighted by Gasteiger charge is -2.35. The zero-order valence-corrected chi connectivity index (χ0v) is 15.7. The summed E-state index contributed by atoms with van der Waals surface area (Å²) >= 11 is 0. The predicted molar refractivity (Wildman–Crippen MR) is 94.0 cm³/mol. The molecule has 0 radical (unpaired) electrons. The molecule has 1 aliphatic carbocycles. The second kappa shape index (κ2) is 9.26. The van der Waals surface area contributed by atoms with Crippen LogP contribution in [0.1, 0.15) is 89.1 Å². The van der Waals surface area contributed by atoms with Crippen molar-refractivity contribution < 1.29 is 10.2 Å². The van der Waals surface area contributed by atoms with Crippen LogP contribution in [0, 0.1) is 12.3 Å². The third-order valence-electron chi connectivity index (χ3n) is 4.00. The molecule has 0 spiro atoms. The van der Waals surface area contributed by atoms with Crippen molar-refractivity contribution >= 4 is 0 Å². The van der Waals surface area contributed by atoms with Crippen molar-refractivity contribution in [2.45, 2.75) is 87.4 Å². The molecule has 0 saturated heterocycles. The van der Waals surface area contributed by atoms with Crippen molar-refractivity contribution in [2.75, 3.05) is 0 Å². The quantitative estimate of drug-likeness (QED) is 0.845. The molecule has 3 nitrogen and oxygen atoms in total. The number of aliphatic hydroxyl groups is 2. The average molecular weight is 309 g/mol. The van der Waals surface area contributed by atoms with Crippen LogP contribution in [-0.4, -0.2) is 15.2 Å². The highest BCUT2D eigenvalue weighted by molar-refractivity contribution is 5.42. The van der Waals surface area contributed by atoms with Gasteiger partial charge in [0.1, 0.15) is 0 Å². The average Bonchev–Trinajstić information content (AvgIpc) is 2.49. The molecule has 1 aliphatic rings. The molecule has 1 unspecified atom stereocenters. The van der Waals surface area contributed by atoms with Gasteiger partial charge in [-0.2, -0.15) is 0 Å². The lowest BCUT2D eigenvalue weighted by atomic mass is 9.73. The van der Waals surface area contributed by atoms with Gasteiger partial charge >= 0.3 is 0 Å². The number of nitrogens with zero attached hydrogens (tertiary/aromatic N) is 1. The maximum absolute atomic E-state index is 10.3. The van der Waals surface area contributed by atoms with Gasteiger partial charge < -0.3 is 10.2 Å². The predicted octanol–water partition coefficient (Wildman–Crippen LogP) is 4.50. The van der Waals surface area contributed by atoms with E-state index >= 15 is 0 Å². The maximum Gasteiger partial charge on any atom is 0.0815 e. The topological polar surface area (TPSA) is 53.4 Å². The third kappa shape index (κ3) is 4.53. The van der Waals surface area contributed by atoms with Gasteiger partial charge in [0, 0.05) is 22.5 Å². The van der Waals surface area contributed by atoms with Crippen LogP contribution in [0.4, 0.5) is 0 Å². The molecule has 1 aromatic heterocycles. The summed E-state index contributed by atoms with van der Waals surface area (Å²) in [6.07, 6.45) is 2.03. The van der Waals surface area contributed by atoms with Crippen molar-refractivity contribution in [3.8, 4) is 0 Å². The summed E-state index contributed by atoms with van der Waals surface area (Å²) in [4.78, 5) is 4.69. The molecule has 1 aromatic rings. The summed E-state index contributed by atoms with van der Waals surface area (Å²) in [6, 6.07) is 0. The van der Waals surface area contributed by atoms with E-state index < -0.39 is 6.10 Å². The van der Waals surface area contributed by atoms with Crippen LogP contribution in [0.25, 0.3) is 0 Å². The van der Waals surface area contributed by atoms with E-state index in [4.69, 9.17) is 0 Å². The molecular weight excluding hydrogens is 274 g/mol. The molecular formula is C19H35NO2. The minimum atomic E-state index is -0.451. The molecule has 2 N–H and O–H groups in total. The van der Waals surface area contributed by atoms with E-state index in [1.807, 2.05) is 34.6 Å². The van der Waals surface area contributed by atoms with Gasteiger partial charge in [-0.15, -0.1) is 0 Å². The number of fused-ring (bicyclic) bond motifs is 1. The van der Waals surface area contributed by atoms with Crippen LogP contribution in [0.2, 0.25) is 0 Å². The molecule has 0 amide bonds. The van der Waals surface area contributed by atoms with Crippen LogP contribution < -0.4 is 0 Å². The summed E-state index contributed by atoms with van der Waals surface area (Å²) < 4.78 is 0. The van der Waals surface area contributed by atoms with Crippen molar-refractivity contribution in [2.24, 2.45) is 5.41 Å². The number of hydrogen-bond donors (Lipinski definition) is 2. The fraction of sp³-hybridized carbons (Fsp3) is 0.737. The van der Waals surface area contributed by atoms with E-state index in [1.54, 1.807) is 0 Å². The SMILES string of the molecule is CC.CC.CCc1nc2c(c(C)c1CO)C(O)CC(C)(C)C2. The monoisotopic (exact) mass is 309 g/mol. The van der Waals surface area contributed by atoms with Gasteiger partial charge in [-0.25, -0.2) is 0 Å². The molecule has 1 atom stereocenters. The Hall–Kier alpha value is -0.930. The lowest BCUT2D eigenvalue weighted by molar-refractivity contribution is 0.0971. The van der Waals surface area contributed by atoms with Crippen LogP contribution in [0.5, 0.6) is 0 Å². The number of hydrogen-bond acceptors (Lipinski definition) is 3. The molecule has 0 saturated carbocycles. The Balaban J connectivity index is 0.00000102. The Morgan fingerprint density at radius 2 is 1.73 bits per heavy atom. The van der Waals surface area contributed by atoms with Gasteiger partial charge in [0.05, 0.1) is 12.7 Å². The molecule has 0 bridgehead atoms. The van der Waals surface area contributed by atoms with Crippen LogP contribution in [0.3, 0.4) is 0 Å². The van der Waals surface area contributed by atoms with Crippen molar-refractivity contribution in [3.05, 3.63) is 28.1 Å². The first-order chi connectivity index (χ1) is 10.4. The first-order valence-electron chi connectivity index (χ1n) is 8.69. The van der Waals surface area contributed by atoms with Crippen molar-refractivity contribution in [1.82, 2.24) is 4.98 Å². The zero-order valence-electron chi connectivity index (χ0n) is 15.7. The maximum atomic E-state index is 10.3. The Labute approximate surface area is 136 Å². The molecule has 3 heteroatoms. The smallest absolute Gasteiger partial charge is 0.0815 e. The first kappa shape index (κ1) is 21.1. The normalized spacial score (nSPS) is 18.4. The standard InChI is InChI=1S/C15H23NO2.2C2H6/c1-5-11-10(8-17)9(2)14-12(16-11)6-15(3,4)7-13(14)18;2*1-2/h13,17-18H,5-8H2,1-4H3;2*1-2H3. The summed E-state index contributed by atoms with van der Waals surface area (Å²) in [5.41, 5.74) is 4.97. The fourth-order valence-corrected chi connectivity index (χ4v) is 3.12. The van der Waals surface area contributed by atoms with E-state index in [2.05, 4.69) is 25.8 Å². The second-order valence-electron chi connectivity index (χ2n) is 6.09. The Bertz CT molecular complexity index is 467. The van der Waals surface area contributed by atoms with Crippen molar-refractivity contribution in [1.29, 1.82) is 0 Å². The third-order valence-corrected chi connectivity index (χ3v) is 4.00. The molecule has 1 heterocycles. The molecule has 0 aliphatic heterocycles. The number of aliphatic hydroxyl groups excluding tert-OH is 2. The zero-order chi connectivity index (χ0) is 17.5. The highest BCUT2D eigenvalue weighted by Gasteiger charge is 2.34. The minimum absolute atomic E-state index is 0.00536. The Kier molecular flexibility index (Phi) is 8.87. The first-order valence-corrected chi connectivity index (χ1v) is 8.69. The van der Waals surface area contributed by atoms with Gasteiger partial charge in [-0.1, -0.05) is 48.5 Å². The van der Waals surface area contributed by atoms with E-state index in [1.165, 1.54) is 0 Å². The summed E-state index contributed by atoms with van der Waals surface area (Å²) in [7, 11) is 0. The number of aromatic nitrogens is 1. The molecule has 0 fully saturated rings. The van der Waals surface area contributed by atoms with E-state index in [-0.39, 0.29) is 12.0 Å². The fourth-order valence-electron chi connectivity index (χ4n) is 3.12. The number of pyridine rings is 1. The summed E-state index contributed by atoms with van der Waals surface area (Å²) in [6.45, 7) is 16.4. The molecule has 22 heavy (non-hydrogen) atoms. The number of aryl methyl sites for hydroxylation is 1. The van der Waals surface area contributed by atoms with E-state index in [0.29, 0.717) is 0 Å². The molecule has 128 valence electrons. The Morgan fingerprint density at radius 1 is 1.18 bits per heavy atom.